The molecule has 1 fully saturated rings. The van der Waals surface area contributed by atoms with Crippen LogP contribution in [0.3, 0.4) is 0 Å². The average molecular weight is 356 g/mol. The van der Waals surface area contributed by atoms with Gasteiger partial charge < -0.3 is 9.80 Å². The number of anilines is 1. The Bertz CT molecular complexity index is 948. The van der Waals surface area contributed by atoms with E-state index in [4.69, 9.17) is 0 Å². The van der Waals surface area contributed by atoms with Crippen molar-refractivity contribution in [3.8, 4) is 0 Å². The molecule has 1 amide bonds. The Balaban J connectivity index is 1.79. The Morgan fingerprint density at radius 1 is 0.885 bits per heavy atom. The highest BCUT2D eigenvalue weighted by atomic mass is 16.2. The van der Waals surface area contributed by atoms with E-state index >= 15 is 0 Å². The van der Waals surface area contributed by atoms with Gasteiger partial charge in [-0.15, -0.1) is 0 Å². The topological polar surface area (TPSA) is 67.6 Å². The van der Waals surface area contributed by atoms with E-state index in [9.17, 15) is 14.4 Å². The molecule has 2 aromatic rings. The second kappa shape index (κ2) is 6.82. The molecule has 138 valence electrons. The van der Waals surface area contributed by atoms with E-state index in [0.29, 0.717) is 43.1 Å². The number of hydrogen-bond acceptors (Lipinski definition) is 4. The van der Waals surface area contributed by atoms with Gasteiger partial charge in [-0.2, -0.15) is 0 Å². The third-order valence-electron chi connectivity index (χ3n) is 5.11. The SMILES string of the molecule is Cc1ccc(C(=O)N2CCN(c3c(C)n(C)c(=O)n(C)c3=O)CC2)cc1. The molecule has 0 bridgehead atoms. The lowest BCUT2D eigenvalue weighted by atomic mass is 10.1. The third kappa shape index (κ3) is 3.05. The van der Waals surface area contributed by atoms with E-state index in [1.54, 1.807) is 14.0 Å². The van der Waals surface area contributed by atoms with E-state index in [2.05, 4.69) is 0 Å². The highest BCUT2D eigenvalue weighted by molar-refractivity contribution is 5.94. The number of carbonyl (C=O) groups is 1. The van der Waals surface area contributed by atoms with Gasteiger partial charge in [0.05, 0.1) is 0 Å². The number of rotatable bonds is 2. The Morgan fingerprint density at radius 2 is 1.46 bits per heavy atom. The van der Waals surface area contributed by atoms with Gasteiger partial charge in [0.15, 0.2) is 0 Å². The molecule has 1 aromatic heterocycles. The molecule has 7 nitrogen and oxygen atoms in total. The van der Waals surface area contributed by atoms with Crippen LogP contribution in [0.2, 0.25) is 0 Å². The quantitative estimate of drug-likeness (QED) is 0.793. The van der Waals surface area contributed by atoms with E-state index in [-0.39, 0.29) is 17.2 Å². The number of aryl methyl sites for hydroxylation is 1. The monoisotopic (exact) mass is 356 g/mol. The van der Waals surface area contributed by atoms with Crippen LogP contribution < -0.4 is 16.1 Å². The van der Waals surface area contributed by atoms with Gasteiger partial charge in [0.2, 0.25) is 0 Å². The summed E-state index contributed by atoms with van der Waals surface area (Å²) < 4.78 is 2.62. The van der Waals surface area contributed by atoms with Crippen molar-refractivity contribution < 1.29 is 4.79 Å². The van der Waals surface area contributed by atoms with Gasteiger partial charge >= 0.3 is 5.69 Å². The van der Waals surface area contributed by atoms with Crippen molar-refractivity contribution in [2.45, 2.75) is 13.8 Å². The van der Waals surface area contributed by atoms with Gasteiger partial charge in [-0.05, 0) is 26.0 Å². The van der Waals surface area contributed by atoms with Crippen molar-refractivity contribution in [3.63, 3.8) is 0 Å². The second-order valence-corrected chi connectivity index (χ2v) is 6.79. The molecule has 2 heterocycles. The Labute approximate surface area is 152 Å². The number of benzene rings is 1. The summed E-state index contributed by atoms with van der Waals surface area (Å²) in [5.41, 5.74) is 2.37. The fourth-order valence-electron chi connectivity index (χ4n) is 3.30. The number of piperazine rings is 1. The first-order chi connectivity index (χ1) is 12.3. The van der Waals surface area contributed by atoms with Crippen molar-refractivity contribution in [2.24, 2.45) is 14.1 Å². The third-order valence-corrected chi connectivity index (χ3v) is 5.11. The maximum Gasteiger partial charge on any atom is 0.330 e. The summed E-state index contributed by atoms with van der Waals surface area (Å²) in [5.74, 6) is 0.00901. The van der Waals surface area contributed by atoms with Crippen LogP contribution in [-0.4, -0.2) is 46.1 Å². The maximum absolute atomic E-state index is 12.6. The molecule has 0 spiro atoms. The second-order valence-electron chi connectivity index (χ2n) is 6.79. The molecule has 26 heavy (non-hydrogen) atoms. The maximum atomic E-state index is 12.6. The number of nitrogens with zero attached hydrogens (tertiary/aromatic N) is 4. The summed E-state index contributed by atoms with van der Waals surface area (Å²) in [6, 6.07) is 7.55. The van der Waals surface area contributed by atoms with Gasteiger partial charge in [0, 0.05) is 51.5 Å². The summed E-state index contributed by atoms with van der Waals surface area (Å²) in [5, 5.41) is 0. The highest BCUT2D eigenvalue weighted by Crippen LogP contribution is 2.17. The Kier molecular flexibility index (Phi) is 4.71. The van der Waals surface area contributed by atoms with E-state index in [1.807, 2.05) is 41.0 Å². The van der Waals surface area contributed by atoms with Crippen molar-refractivity contribution >= 4 is 11.6 Å². The van der Waals surface area contributed by atoms with Crippen molar-refractivity contribution in [2.75, 3.05) is 31.1 Å². The van der Waals surface area contributed by atoms with Crippen LogP contribution in [0, 0.1) is 13.8 Å². The molecule has 0 aliphatic carbocycles. The van der Waals surface area contributed by atoms with Crippen LogP contribution in [0.15, 0.2) is 33.9 Å². The van der Waals surface area contributed by atoms with Crippen LogP contribution in [0.25, 0.3) is 0 Å². The molecule has 1 aromatic carbocycles. The zero-order valence-electron chi connectivity index (χ0n) is 15.7. The molecule has 1 aliphatic heterocycles. The smallest absolute Gasteiger partial charge is 0.330 e. The summed E-state index contributed by atoms with van der Waals surface area (Å²) in [7, 11) is 3.16. The predicted octanol–water partition coefficient (Wildman–Crippen LogP) is 0.663. The number of amides is 1. The first-order valence-corrected chi connectivity index (χ1v) is 8.68. The van der Waals surface area contributed by atoms with E-state index < -0.39 is 0 Å². The molecule has 7 heteroatoms. The number of hydrogen-bond donors (Lipinski definition) is 0. The summed E-state index contributed by atoms with van der Waals surface area (Å²) in [6.45, 7) is 5.97. The lowest BCUT2D eigenvalue weighted by molar-refractivity contribution is 0.0746. The Morgan fingerprint density at radius 3 is 2.04 bits per heavy atom. The fourth-order valence-corrected chi connectivity index (χ4v) is 3.30. The number of carbonyl (C=O) groups excluding carboxylic acids is 1. The van der Waals surface area contributed by atoms with Gasteiger partial charge in [-0.25, -0.2) is 4.79 Å². The first-order valence-electron chi connectivity index (χ1n) is 8.68. The van der Waals surface area contributed by atoms with Crippen LogP contribution in [-0.2, 0) is 14.1 Å². The lowest BCUT2D eigenvalue weighted by Crippen LogP contribution is -2.52. The van der Waals surface area contributed by atoms with Crippen molar-refractivity contribution in [3.05, 3.63) is 61.9 Å². The van der Waals surface area contributed by atoms with Gasteiger partial charge in [0.25, 0.3) is 11.5 Å². The molecular formula is C19H24N4O3. The minimum Gasteiger partial charge on any atom is -0.362 e. The molecule has 0 atom stereocenters. The molecule has 0 N–H and O–H groups in total. The summed E-state index contributed by atoms with van der Waals surface area (Å²) in [4.78, 5) is 41.0. The van der Waals surface area contributed by atoms with Crippen molar-refractivity contribution in [1.82, 2.24) is 14.0 Å². The minimum absolute atomic E-state index is 0.00901. The lowest BCUT2D eigenvalue weighted by Gasteiger charge is -2.36. The standard InChI is InChI=1S/C19H24N4O3/c1-13-5-7-15(8-6-13)17(24)23-11-9-22(10-12-23)16-14(2)20(3)19(26)21(4)18(16)25/h5-8H,9-12H2,1-4H3. The van der Waals surface area contributed by atoms with Crippen LogP contribution in [0.5, 0.6) is 0 Å². The highest BCUT2D eigenvalue weighted by Gasteiger charge is 2.26. The molecule has 1 aliphatic rings. The normalized spacial score (nSPS) is 14.6. The summed E-state index contributed by atoms with van der Waals surface area (Å²) in [6.07, 6.45) is 0. The van der Waals surface area contributed by atoms with Crippen molar-refractivity contribution in [1.29, 1.82) is 0 Å². The van der Waals surface area contributed by atoms with Crippen LogP contribution in [0.4, 0.5) is 5.69 Å². The van der Waals surface area contributed by atoms with Crippen LogP contribution >= 0.6 is 0 Å². The molecule has 0 radical (unpaired) electrons. The summed E-state index contributed by atoms with van der Waals surface area (Å²) >= 11 is 0. The zero-order chi connectivity index (χ0) is 19.0. The predicted molar refractivity (Wildman–Crippen MR) is 101 cm³/mol. The molecular weight excluding hydrogens is 332 g/mol. The zero-order valence-corrected chi connectivity index (χ0v) is 15.7. The first kappa shape index (κ1) is 18.0. The molecule has 0 unspecified atom stereocenters. The largest absolute Gasteiger partial charge is 0.362 e. The fraction of sp³-hybridized carbons (Fsp3) is 0.421. The average Bonchev–Trinajstić information content (AvgIpc) is 2.65. The Hall–Kier alpha value is -2.83. The van der Waals surface area contributed by atoms with Gasteiger partial charge in [0.1, 0.15) is 5.69 Å². The van der Waals surface area contributed by atoms with E-state index in [1.165, 1.54) is 11.6 Å². The molecule has 1 saturated heterocycles. The van der Waals surface area contributed by atoms with Crippen LogP contribution in [0.1, 0.15) is 21.6 Å². The minimum atomic E-state index is -0.329. The van der Waals surface area contributed by atoms with E-state index in [0.717, 1.165) is 10.1 Å². The number of aromatic nitrogens is 2. The molecule has 0 saturated carbocycles. The van der Waals surface area contributed by atoms with Gasteiger partial charge in [-0.1, -0.05) is 17.7 Å². The van der Waals surface area contributed by atoms with Gasteiger partial charge in [-0.3, -0.25) is 18.7 Å². The molecule has 3 rings (SSSR count).